The average molecular weight is 378 g/mol. The number of alkyl halides is 4. The van der Waals surface area contributed by atoms with E-state index in [0.717, 1.165) is 16.4 Å². The van der Waals surface area contributed by atoms with Crippen molar-refractivity contribution in [3.05, 3.63) is 29.3 Å². The SMILES string of the molecule is N#Cc1ccc(N2C[C@@H]3[C@@H]4O[C@@H](C[C@@H]4F)[C@@H]3S2(O)O)cc1C(F)(F)F. The maximum absolute atomic E-state index is 13.9. The number of halogens is 4. The minimum atomic E-state index is -4.74. The second-order valence-electron chi connectivity index (χ2n) is 6.48. The van der Waals surface area contributed by atoms with Gasteiger partial charge in [0.2, 0.25) is 0 Å². The number of hydrogen-bond donors (Lipinski definition) is 2. The number of rotatable bonds is 1. The highest BCUT2D eigenvalue weighted by molar-refractivity contribution is 8.26. The van der Waals surface area contributed by atoms with Crippen LogP contribution in [-0.2, 0) is 10.9 Å². The first-order chi connectivity index (χ1) is 11.6. The zero-order chi connectivity index (χ0) is 18.1. The fourth-order valence-corrected chi connectivity index (χ4v) is 6.52. The van der Waals surface area contributed by atoms with Crippen molar-refractivity contribution >= 4 is 16.5 Å². The van der Waals surface area contributed by atoms with Gasteiger partial charge in [-0.2, -0.15) is 18.4 Å². The van der Waals surface area contributed by atoms with Crippen molar-refractivity contribution in [2.24, 2.45) is 5.92 Å². The van der Waals surface area contributed by atoms with Crippen molar-refractivity contribution in [3.63, 3.8) is 0 Å². The smallest absolute Gasteiger partial charge is 0.369 e. The summed E-state index contributed by atoms with van der Waals surface area (Å²) < 4.78 is 81.2. The van der Waals surface area contributed by atoms with Crippen LogP contribution in [0, 0.1) is 17.2 Å². The van der Waals surface area contributed by atoms with E-state index in [2.05, 4.69) is 0 Å². The van der Waals surface area contributed by atoms with Crippen LogP contribution in [0.3, 0.4) is 0 Å². The lowest BCUT2D eigenvalue weighted by Gasteiger charge is -2.43. The highest BCUT2D eigenvalue weighted by Crippen LogP contribution is 2.66. The van der Waals surface area contributed by atoms with Crippen LogP contribution in [0.1, 0.15) is 17.5 Å². The van der Waals surface area contributed by atoms with Crippen LogP contribution in [-0.4, -0.2) is 39.3 Å². The largest absolute Gasteiger partial charge is 0.417 e. The Balaban J connectivity index is 1.73. The van der Waals surface area contributed by atoms with E-state index in [4.69, 9.17) is 10.00 Å². The third-order valence-corrected chi connectivity index (χ3v) is 7.53. The Labute approximate surface area is 142 Å². The van der Waals surface area contributed by atoms with E-state index in [1.165, 1.54) is 12.1 Å². The van der Waals surface area contributed by atoms with Gasteiger partial charge in [0.05, 0.1) is 35.1 Å². The van der Waals surface area contributed by atoms with Gasteiger partial charge in [0, 0.05) is 18.9 Å². The van der Waals surface area contributed by atoms with Gasteiger partial charge in [0.25, 0.3) is 0 Å². The number of hydrogen-bond acceptors (Lipinski definition) is 5. The number of nitriles is 1. The van der Waals surface area contributed by atoms with Crippen LogP contribution in [0.4, 0.5) is 23.2 Å². The fourth-order valence-electron chi connectivity index (χ4n) is 4.12. The van der Waals surface area contributed by atoms with Gasteiger partial charge >= 0.3 is 6.18 Å². The van der Waals surface area contributed by atoms with Crippen LogP contribution in [0.25, 0.3) is 0 Å². The molecule has 2 N–H and O–H groups in total. The standard InChI is InChI=1S/C15H14F4N2O3S/c16-11-4-12-14-9(13(11)24-12)6-21(25(14,22)23)8-2-1-7(5-20)10(3-8)15(17,18)19/h1-3,9,11-14,22-23H,4,6H2/t9-,11+,12+,13+,14-/m1/s1. The quantitative estimate of drug-likeness (QED) is 0.731. The number of nitrogens with zero attached hydrogens (tertiary/aromatic N) is 2. The Hall–Kier alpha value is -1.54. The summed E-state index contributed by atoms with van der Waals surface area (Å²) in [6.45, 7) is -0.00220. The Morgan fingerprint density at radius 1 is 1.32 bits per heavy atom. The molecule has 10 heteroatoms. The van der Waals surface area contributed by atoms with E-state index < -0.39 is 57.6 Å². The maximum atomic E-state index is 13.9. The molecule has 0 aromatic heterocycles. The van der Waals surface area contributed by atoms with Crippen molar-refractivity contribution in [1.29, 1.82) is 5.26 Å². The van der Waals surface area contributed by atoms with Gasteiger partial charge in [-0.3, -0.25) is 13.4 Å². The first-order valence-electron chi connectivity index (χ1n) is 7.60. The molecule has 3 heterocycles. The summed E-state index contributed by atoms with van der Waals surface area (Å²) in [4.78, 5) is 0. The van der Waals surface area contributed by atoms with Gasteiger partial charge in [-0.15, -0.1) is 10.8 Å². The molecule has 5 atom stereocenters. The van der Waals surface area contributed by atoms with E-state index in [1.54, 1.807) is 0 Å². The second kappa shape index (κ2) is 5.23. The lowest BCUT2D eigenvalue weighted by molar-refractivity contribution is -0.137. The third kappa shape index (κ3) is 2.33. The lowest BCUT2D eigenvalue weighted by atomic mass is 9.87. The predicted molar refractivity (Wildman–Crippen MR) is 81.8 cm³/mol. The monoisotopic (exact) mass is 378 g/mol. The van der Waals surface area contributed by atoms with Crippen LogP contribution >= 0.6 is 10.8 Å². The predicted octanol–water partition coefficient (Wildman–Crippen LogP) is 3.56. The fraction of sp³-hybridized carbons (Fsp3) is 0.533. The molecule has 0 aliphatic carbocycles. The normalized spacial score (nSPS) is 37.0. The summed E-state index contributed by atoms with van der Waals surface area (Å²) >= 11 is 0. The topological polar surface area (TPSA) is 76.7 Å². The van der Waals surface area contributed by atoms with Gasteiger partial charge < -0.3 is 4.74 Å². The summed E-state index contributed by atoms with van der Waals surface area (Å²) in [5.74, 6) is -0.483. The molecule has 3 saturated heterocycles. The van der Waals surface area contributed by atoms with Crippen LogP contribution in [0.5, 0.6) is 0 Å². The summed E-state index contributed by atoms with van der Waals surface area (Å²) in [6.07, 6.45) is -7.28. The lowest BCUT2D eigenvalue weighted by Crippen LogP contribution is -2.37. The molecule has 136 valence electrons. The van der Waals surface area contributed by atoms with Crippen LogP contribution in [0.2, 0.25) is 0 Å². The molecular formula is C15H14F4N2O3S. The number of benzene rings is 1. The Bertz CT molecular complexity index is 766. The molecule has 4 rings (SSSR count). The third-order valence-electron chi connectivity index (χ3n) is 5.14. The molecule has 3 aliphatic heterocycles. The Morgan fingerprint density at radius 2 is 2.04 bits per heavy atom. The van der Waals surface area contributed by atoms with Crippen molar-refractivity contribution in [1.82, 2.24) is 0 Å². The molecule has 0 unspecified atom stereocenters. The zero-order valence-corrected chi connectivity index (χ0v) is 13.5. The Morgan fingerprint density at radius 3 is 2.68 bits per heavy atom. The second-order valence-corrected chi connectivity index (χ2v) is 8.59. The summed E-state index contributed by atoms with van der Waals surface area (Å²) in [6, 6.07) is 4.48. The average Bonchev–Trinajstić information content (AvgIpc) is 3.15. The summed E-state index contributed by atoms with van der Waals surface area (Å²) in [5, 5.41) is 8.15. The minimum absolute atomic E-state index is 0.00220. The van der Waals surface area contributed by atoms with Gasteiger partial charge in [0.15, 0.2) is 0 Å². The first kappa shape index (κ1) is 16.9. The van der Waals surface area contributed by atoms with Crippen LogP contribution < -0.4 is 4.31 Å². The van der Waals surface area contributed by atoms with Crippen molar-refractivity contribution in [3.8, 4) is 6.07 Å². The maximum Gasteiger partial charge on any atom is 0.417 e. The van der Waals surface area contributed by atoms with Gasteiger partial charge in [0.1, 0.15) is 11.4 Å². The molecule has 0 saturated carbocycles. The number of anilines is 1. The van der Waals surface area contributed by atoms with Gasteiger partial charge in [-0.05, 0) is 18.2 Å². The zero-order valence-electron chi connectivity index (χ0n) is 12.7. The van der Waals surface area contributed by atoms with E-state index in [1.807, 2.05) is 0 Å². The molecule has 0 radical (unpaired) electrons. The minimum Gasteiger partial charge on any atom is -0.369 e. The molecule has 1 aromatic rings. The van der Waals surface area contributed by atoms with Crippen molar-refractivity contribution in [2.45, 2.75) is 36.2 Å². The highest BCUT2D eigenvalue weighted by atomic mass is 32.3. The number of ether oxygens (including phenoxy) is 1. The molecule has 25 heavy (non-hydrogen) atoms. The van der Waals surface area contributed by atoms with Crippen LogP contribution in [0.15, 0.2) is 18.2 Å². The van der Waals surface area contributed by atoms with Gasteiger partial charge in [-0.1, -0.05) is 0 Å². The molecule has 3 aliphatic rings. The molecule has 1 aromatic carbocycles. The Kier molecular flexibility index (Phi) is 3.54. The molecular weight excluding hydrogens is 364 g/mol. The van der Waals surface area contributed by atoms with E-state index >= 15 is 0 Å². The molecule has 0 amide bonds. The highest BCUT2D eigenvalue weighted by Gasteiger charge is 2.64. The van der Waals surface area contributed by atoms with Crippen molar-refractivity contribution < 1.29 is 31.4 Å². The summed E-state index contributed by atoms with van der Waals surface area (Å²) in [7, 11) is -3.46. The molecule has 0 spiro atoms. The molecule has 2 bridgehead atoms. The molecule has 5 nitrogen and oxygen atoms in total. The summed E-state index contributed by atoms with van der Waals surface area (Å²) in [5.41, 5.74) is -1.72. The molecule has 3 fully saturated rings. The van der Waals surface area contributed by atoms with E-state index in [-0.39, 0.29) is 18.7 Å². The first-order valence-corrected chi connectivity index (χ1v) is 9.17. The van der Waals surface area contributed by atoms with E-state index in [9.17, 15) is 26.7 Å². The number of fused-ring (bicyclic) bond motifs is 5. The van der Waals surface area contributed by atoms with Gasteiger partial charge in [-0.25, -0.2) is 4.39 Å². The van der Waals surface area contributed by atoms with E-state index in [0.29, 0.717) is 0 Å². The van der Waals surface area contributed by atoms with Crippen molar-refractivity contribution in [2.75, 3.05) is 10.8 Å².